The summed E-state index contributed by atoms with van der Waals surface area (Å²) in [5, 5.41) is 7.24. The van der Waals surface area contributed by atoms with Gasteiger partial charge < -0.3 is 10.2 Å². The topological polar surface area (TPSA) is 50.7 Å². The summed E-state index contributed by atoms with van der Waals surface area (Å²) in [6, 6.07) is 14.5. The first-order chi connectivity index (χ1) is 11.6. The smallest absolute Gasteiger partial charge is 0.211 e. The molecule has 4 rings (SSSR count). The van der Waals surface area contributed by atoms with Crippen LogP contribution in [0.5, 0.6) is 0 Å². The quantitative estimate of drug-likeness (QED) is 0.861. The van der Waals surface area contributed by atoms with Gasteiger partial charge in [-0.05, 0) is 44.4 Å². The molecule has 2 aromatic rings. The van der Waals surface area contributed by atoms with Crippen LogP contribution in [-0.4, -0.2) is 12.1 Å². The number of benzene rings is 2. The van der Waals surface area contributed by atoms with Gasteiger partial charge in [0.15, 0.2) is 6.10 Å². The summed E-state index contributed by atoms with van der Waals surface area (Å²) >= 11 is 0. The molecule has 1 atom stereocenters. The lowest BCUT2D eigenvalue weighted by atomic mass is 9.84. The predicted molar refractivity (Wildman–Crippen MR) is 94.1 cm³/mol. The van der Waals surface area contributed by atoms with E-state index in [-0.39, 0.29) is 11.5 Å². The van der Waals surface area contributed by atoms with Gasteiger partial charge in [-0.3, -0.25) is 4.79 Å². The van der Waals surface area contributed by atoms with Gasteiger partial charge in [-0.2, -0.15) is 0 Å². The van der Waals surface area contributed by atoms with Gasteiger partial charge in [0.2, 0.25) is 6.41 Å². The van der Waals surface area contributed by atoms with Crippen molar-refractivity contribution in [1.82, 2.24) is 0 Å². The molecule has 1 saturated carbocycles. The molecule has 0 aromatic heterocycles. The minimum absolute atomic E-state index is 0.0438. The second kappa shape index (κ2) is 5.48. The van der Waals surface area contributed by atoms with Crippen molar-refractivity contribution in [3.8, 4) is 0 Å². The maximum atomic E-state index is 10.9. The molecular formula is C20H20N2O2. The summed E-state index contributed by atoms with van der Waals surface area (Å²) < 4.78 is 0. The number of oxime groups is 1. The van der Waals surface area contributed by atoms with Crippen LogP contribution in [0.2, 0.25) is 0 Å². The van der Waals surface area contributed by atoms with Crippen molar-refractivity contribution in [1.29, 1.82) is 0 Å². The van der Waals surface area contributed by atoms with E-state index in [4.69, 9.17) is 4.84 Å². The fourth-order valence-corrected chi connectivity index (χ4v) is 3.54. The number of carbonyl (C=O) groups excluding carboxylic acids is 1. The minimum atomic E-state index is -0.0671. The molecule has 1 N–H and O–H groups in total. The van der Waals surface area contributed by atoms with Crippen LogP contribution < -0.4 is 5.32 Å². The number of hydrogen-bond acceptors (Lipinski definition) is 3. The Balaban J connectivity index is 1.73. The molecule has 1 spiro atoms. The average molecular weight is 320 g/mol. The first-order valence-electron chi connectivity index (χ1n) is 8.26. The normalized spacial score (nSPS) is 20.4. The molecule has 2 aromatic carbocycles. The van der Waals surface area contributed by atoms with Gasteiger partial charge in [0.1, 0.15) is 0 Å². The Hall–Kier alpha value is -2.62. The summed E-state index contributed by atoms with van der Waals surface area (Å²) in [6.45, 7) is 4.12. The molecular weight excluding hydrogens is 300 g/mol. The van der Waals surface area contributed by atoms with E-state index in [0.29, 0.717) is 6.41 Å². The number of anilines is 1. The number of rotatable bonds is 4. The van der Waals surface area contributed by atoms with Crippen LogP contribution in [0.4, 0.5) is 5.69 Å². The van der Waals surface area contributed by atoms with Gasteiger partial charge in [0.05, 0.1) is 11.1 Å². The predicted octanol–water partition coefficient (Wildman–Crippen LogP) is 4.13. The molecule has 1 aliphatic carbocycles. The molecule has 2 aliphatic rings. The maximum absolute atomic E-state index is 10.9. The molecule has 1 unspecified atom stereocenters. The zero-order valence-electron chi connectivity index (χ0n) is 13.9. The highest BCUT2D eigenvalue weighted by Crippen LogP contribution is 2.62. The lowest BCUT2D eigenvalue weighted by molar-refractivity contribution is -0.105. The van der Waals surface area contributed by atoms with E-state index in [9.17, 15) is 4.79 Å². The van der Waals surface area contributed by atoms with Crippen LogP contribution in [-0.2, 0) is 9.63 Å². The van der Waals surface area contributed by atoms with Gasteiger partial charge in [0.25, 0.3) is 0 Å². The standard InChI is InChI=1S/C20H20N2O2/c1-13-3-6-15(7-4-13)19-20(9-10-20)18(22-24-19)16-11-14(2)5-8-17(16)21-12-23/h3-8,11-12,19H,9-10H2,1-2H3,(H,21,23). The van der Waals surface area contributed by atoms with Crippen molar-refractivity contribution < 1.29 is 9.63 Å². The summed E-state index contributed by atoms with van der Waals surface area (Å²) in [7, 11) is 0. The first kappa shape index (κ1) is 14.9. The number of nitrogens with one attached hydrogen (secondary N) is 1. The fraction of sp³-hybridized carbons (Fsp3) is 0.300. The molecule has 0 radical (unpaired) electrons. The Bertz CT molecular complexity index is 820. The molecule has 0 saturated heterocycles. The zero-order valence-corrected chi connectivity index (χ0v) is 13.9. The minimum Gasteiger partial charge on any atom is -0.386 e. The number of carbonyl (C=O) groups is 1. The molecule has 4 heteroatoms. The molecule has 1 aliphatic heterocycles. The third kappa shape index (κ3) is 2.30. The van der Waals surface area contributed by atoms with Crippen LogP contribution in [0, 0.1) is 19.3 Å². The van der Waals surface area contributed by atoms with Crippen molar-refractivity contribution in [2.24, 2.45) is 10.6 Å². The third-order valence-corrected chi connectivity index (χ3v) is 5.04. The zero-order chi connectivity index (χ0) is 16.7. The highest BCUT2D eigenvalue weighted by Gasteiger charge is 2.60. The number of nitrogens with zero attached hydrogens (tertiary/aromatic N) is 1. The van der Waals surface area contributed by atoms with E-state index in [1.807, 2.05) is 19.1 Å². The maximum Gasteiger partial charge on any atom is 0.211 e. The average Bonchev–Trinajstić information content (AvgIpc) is 3.27. The van der Waals surface area contributed by atoms with E-state index in [2.05, 4.69) is 47.7 Å². The number of amides is 1. The highest BCUT2D eigenvalue weighted by atomic mass is 16.6. The summed E-state index contributed by atoms with van der Waals surface area (Å²) in [4.78, 5) is 16.8. The monoisotopic (exact) mass is 320 g/mol. The lowest BCUT2D eigenvalue weighted by Gasteiger charge is -2.19. The second-order valence-corrected chi connectivity index (χ2v) is 6.80. The van der Waals surface area contributed by atoms with Crippen molar-refractivity contribution in [2.75, 3.05) is 5.32 Å². The molecule has 1 heterocycles. The van der Waals surface area contributed by atoms with E-state index in [1.165, 1.54) is 5.56 Å². The Morgan fingerprint density at radius 2 is 1.83 bits per heavy atom. The molecule has 122 valence electrons. The molecule has 1 amide bonds. The van der Waals surface area contributed by atoms with Crippen LogP contribution >= 0.6 is 0 Å². The van der Waals surface area contributed by atoms with E-state index in [0.717, 1.165) is 40.9 Å². The van der Waals surface area contributed by atoms with Gasteiger partial charge >= 0.3 is 0 Å². The van der Waals surface area contributed by atoms with Gasteiger partial charge in [-0.1, -0.05) is 46.6 Å². The van der Waals surface area contributed by atoms with Crippen LogP contribution in [0.15, 0.2) is 47.6 Å². The molecule has 4 nitrogen and oxygen atoms in total. The Morgan fingerprint density at radius 1 is 1.12 bits per heavy atom. The van der Waals surface area contributed by atoms with Crippen LogP contribution in [0.1, 0.15) is 41.2 Å². The fourth-order valence-electron chi connectivity index (χ4n) is 3.54. The molecule has 1 fully saturated rings. The summed E-state index contributed by atoms with van der Waals surface area (Å²) in [5.74, 6) is 0. The lowest BCUT2D eigenvalue weighted by Crippen LogP contribution is -2.21. The molecule has 24 heavy (non-hydrogen) atoms. The molecule has 0 bridgehead atoms. The summed E-state index contributed by atoms with van der Waals surface area (Å²) in [6.07, 6.45) is 2.77. The second-order valence-electron chi connectivity index (χ2n) is 6.80. The van der Waals surface area contributed by atoms with Crippen molar-refractivity contribution in [3.63, 3.8) is 0 Å². The Kier molecular flexibility index (Phi) is 3.41. The third-order valence-electron chi connectivity index (χ3n) is 5.04. The number of aryl methyl sites for hydroxylation is 2. The Morgan fingerprint density at radius 3 is 2.50 bits per heavy atom. The Labute approximate surface area is 141 Å². The van der Waals surface area contributed by atoms with Gasteiger partial charge in [-0.15, -0.1) is 0 Å². The van der Waals surface area contributed by atoms with Crippen molar-refractivity contribution in [2.45, 2.75) is 32.8 Å². The van der Waals surface area contributed by atoms with Crippen LogP contribution in [0.3, 0.4) is 0 Å². The first-order valence-corrected chi connectivity index (χ1v) is 8.26. The van der Waals surface area contributed by atoms with Crippen LogP contribution in [0.25, 0.3) is 0 Å². The van der Waals surface area contributed by atoms with E-state index in [1.54, 1.807) is 0 Å². The van der Waals surface area contributed by atoms with E-state index < -0.39 is 0 Å². The highest BCUT2D eigenvalue weighted by molar-refractivity contribution is 6.11. The largest absolute Gasteiger partial charge is 0.386 e. The van der Waals surface area contributed by atoms with Crippen molar-refractivity contribution in [3.05, 3.63) is 64.7 Å². The van der Waals surface area contributed by atoms with Gasteiger partial charge in [0, 0.05) is 11.3 Å². The SMILES string of the molecule is Cc1ccc(C2ON=C(c3cc(C)ccc3NC=O)C23CC3)cc1. The van der Waals surface area contributed by atoms with Crippen molar-refractivity contribution >= 4 is 17.8 Å². The summed E-state index contributed by atoms with van der Waals surface area (Å²) in [5.41, 5.74) is 6.18. The van der Waals surface area contributed by atoms with Gasteiger partial charge in [-0.25, -0.2) is 0 Å². The number of hydrogen-bond donors (Lipinski definition) is 1. The van der Waals surface area contributed by atoms with E-state index >= 15 is 0 Å².